The molecule has 0 aliphatic rings. The van der Waals surface area contributed by atoms with E-state index in [1.54, 1.807) is 24.3 Å². The molecule has 0 saturated carbocycles. The van der Waals surface area contributed by atoms with Gasteiger partial charge in [0.25, 0.3) is 0 Å². The molecule has 174 valence electrons. The van der Waals surface area contributed by atoms with Crippen molar-refractivity contribution in [2.24, 2.45) is 5.41 Å². The second kappa shape index (κ2) is 13.8. The van der Waals surface area contributed by atoms with Gasteiger partial charge in [0.15, 0.2) is 0 Å². The molecule has 0 unspecified atom stereocenters. The van der Waals surface area contributed by atoms with Crippen LogP contribution >= 0.6 is 0 Å². The number of imidazole rings is 1. The van der Waals surface area contributed by atoms with Crippen LogP contribution in [-0.2, 0) is 14.3 Å². The van der Waals surface area contributed by atoms with Crippen molar-refractivity contribution in [1.29, 1.82) is 0 Å². The molecule has 2 N–H and O–H groups in total. The number of hydrogen-bond donors (Lipinski definition) is 2. The lowest BCUT2D eigenvalue weighted by Gasteiger charge is -2.29. The Kier molecular flexibility index (Phi) is 11.5. The van der Waals surface area contributed by atoms with Gasteiger partial charge in [-0.25, -0.2) is 14.3 Å². The van der Waals surface area contributed by atoms with Crippen molar-refractivity contribution in [3.63, 3.8) is 0 Å². The molecule has 0 bridgehead atoms. The molecule has 1 rings (SSSR count). The van der Waals surface area contributed by atoms with Gasteiger partial charge in [0.05, 0.1) is 0 Å². The van der Waals surface area contributed by atoms with E-state index in [1.807, 2.05) is 46.8 Å². The third-order valence-electron chi connectivity index (χ3n) is 4.33. The Bertz CT molecular complexity index is 846. The van der Waals surface area contributed by atoms with E-state index < -0.39 is 23.7 Å². The molecule has 0 saturated heterocycles. The highest BCUT2D eigenvalue weighted by Gasteiger charge is 2.31. The highest BCUT2D eigenvalue weighted by atomic mass is 16.6. The second-order valence-electron chi connectivity index (χ2n) is 8.12. The van der Waals surface area contributed by atoms with E-state index in [-0.39, 0.29) is 11.8 Å². The predicted molar refractivity (Wildman–Crippen MR) is 125 cm³/mol. The molecule has 0 aliphatic heterocycles. The Morgan fingerprint density at radius 2 is 1.81 bits per heavy atom. The summed E-state index contributed by atoms with van der Waals surface area (Å²) < 4.78 is 6.76. The van der Waals surface area contributed by atoms with Crippen molar-refractivity contribution in [2.45, 2.75) is 59.6 Å². The van der Waals surface area contributed by atoms with E-state index in [2.05, 4.69) is 15.6 Å². The summed E-state index contributed by atoms with van der Waals surface area (Å²) >= 11 is 0. The molecule has 0 aromatic carbocycles. The minimum atomic E-state index is -0.729. The maximum atomic E-state index is 12.7. The first-order chi connectivity index (χ1) is 15.2. The monoisotopic (exact) mass is 442 g/mol. The van der Waals surface area contributed by atoms with E-state index >= 15 is 0 Å². The molecular formula is C24H34N4O4. The fraction of sp³-hybridized carbons (Fsp3) is 0.417. The van der Waals surface area contributed by atoms with Gasteiger partial charge in [0.1, 0.15) is 18.5 Å². The van der Waals surface area contributed by atoms with Crippen LogP contribution < -0.4 is 10.6 Å². The van der Waals surface area contributed by atoms with Crippen LogP contribution in [0, 0.1) is 5.41 Å². The van der Waals surface area contributed by atoms with Crippen LogP contribution in [0.15, 0.2) is 67.5 Å². The molecule has 8 nitrogen and oxygen atoms in total. The molecule has 0 spiro atoms. The average Bonchev–Trinajstić information content (AvgIpc) is 3.27. The van der Waals surface area contributed by atoms with Crippen LogP contribution in [0.1, 0.15) is 47.5 Å². The highest BCUT2D eigenvalue weighted by Crippen LogP contribution is 2.19. The zero-order valence-corrected chi connectivity index (χ0v) is 19.4. The van der Waals surface area contributed by atoms with Gasteiger partial charge < -0.3 is 15.4 Å². The average molecular weight is 443 g/mol. The highest BCUT2D eigenvalue weighted by molar-refractivity contribution is 5.93. The number of allylic oxidation sites excluding steroid dienone is 4. The Morgan fingerprint density at radius 1 is 1.09 bits per heavy atom. The number of carbonyl (C=O) groups is 3. The summed E-state index contributed by atoms with van der Waals surface area (Å²) in [5, 5.41) is 5.45. The summed E-state index contributed by atoms with van der Waals surface area (Å²) in [6.45, 7) is 9.36. The Hall–Kier alpha value is -3.42. The molecule has 0 fully saturated rings. The van der Waals surface area contributed by atoms with Crippen molar-refractivity contribution >= 4 is 17.9 Å². The fourth-order valence-corrected chi connectivity index (χ4v) is 2.61. The van der Waals surface area contributed by atoms with E-state index in [9.17, 15) is 14.4 Å². The molecule has 0 aliphatic carbocycles. The molecule has 1 aromatic rings. The summed E-state index contributed by atoms with van der Waals surface area (Å²) in [6.07, 6.45) is 18.0. The normalized spacial score (nSPS) is 14.3. The molecule has 32 heavy (non-hydrogen) atoms. The summed E-state index contributed by atoms with van der Waals surface area (Å²) in [5.41, 5.74) is -0.489. The van der Waals surface area contributed by atoms with Gasteiger partial charge in [0, 0.05) is 31.3 Å². The van der Waals surface area contributed by atoms with Crippen LogP contribution in [0.2, 0.25) is 0 Å². The fourth-order valence-electron chi connectivity index (χ4n) is 2.61. The van der Waals surface area contributed by atoms with Crippen molar-refractivity contribution in [3.05, 3.63) is 67.5 Å². The number of rotatable bonds is 10. The van der Waals surface area contributed by atoms with Crippen LogP contribution in [0.5, 0.6) is 0 Å². The lowest BCUT2D eigenvalue weighted by Crippen LogP contribution is -2.52. The molecule has 8 heteroatoms. The van der Waals surface area contributed by atoms with Gasteiger partial charge in [0.2, 0.25) is 11.8 Å². The van der Waals surface area contributed by atoms with Crippen LogP contribution in [0.25, 0.3) is 0 Å². The van der Waals surface area contributed by atoms with Gasteiger partial charge in [-0.15, -0.1) is 0 Å². The van der Waals surface area contributed by atoms with Crippen molar-refractivity contribution in [3.8, 4) is 0 Å². The zero-order valence-electron chi connectivity index (χ0n) is 19.4. The van der Waals surface area contributed by atoms with Gasteiger partial charge in [-0.05, 0) is 25.5 Å². The van der Waals surface area contributed by atoms with Crippen LogP contribution in [0.3, 0.4) is 0 Å². The Balaban J connectivity index is 2.70. The van der Waals surface area contributed by atoms with E-state index in [0.29, 0.717) is 12.8 Å². The summed E-state index contributed by atoms with van der Waals surface area (Å²) in [6, 6.07) is -0.729. The maximum absolute atomic E-state index is 12.7. The van der Waals surface area contributed by atoms with Crippen molar-refractivity contribution in [1.82, 2.24) is 20.2 Å². The number of aromatic nitrogens is 2. The number of carbonyl (C=O) groups excluding carboxylic acids is 3. The molecule has 1 heterocycles. The van der Waals surface area contributed by atoms with Crippen molar-refractivity contribution in [2.75, 3.05) is 0 Å². The molecular weight excluding hydrogens is 408 g/mol. The van der Waals surface area contributed by atoms with Crippen LogP contribution in [0.4, 0.5) is 4.79 Å². The molecule has 0 radical (unpaired) electrons. The van der Waals surface area contributed by atoms with Gasteiger partial charge in [-0.1, -0.05) is 57.2 Å². The first kappa shape index (κ1) is 26.6. The number of hydrogen-bond acceptors (Lipinski definition) is 5. The molecule has 2 atom stereocenters. The predicted octanol–water partition coefficient (Wildman–Crippen LogP) is 3.89. The summed E-state index contributed by atoms with van der Waals surface area (Å²) in [7, 11) is 0. The number of nitrogens with one attached hydrogen (secondary N) is 2. The quantitative estimate of drug-likeness (QED) is 0.325. The number of nitrogens with zero attached hydrogens (tertiary/aromatic N) is 2. The Labute approximate surface area is 190 Å². The van der Waals surface area contributed by atoms with Gasteiger partial charge >= 0.3 is 6.09 Å². The lowest BCUT2D eigenvalue weighted by molar-refractivity contribution is -0.129. The Morgan fingerprint density at radius 3 is 2.41 bits per heavy atom. The first-order valence-corrected chi connectivity index (χ1v) is 10.5. The van der Waals surface area contributed by atoms with Gasteiger partial charge in [-0.3, -0.25) is 9.59 Å². The third kappa shape index (κ3) is 10.1. The maximum Gasteiger partial charge on any atom is 0.419 e. The van der Waals surface area contributed by atoms with Crippen molar-refractivity contribution < 1.29 is 19.1 Å². The van der Waals surface area contributed by atoms with Crippen LogP contribution in [-0.4, -0.2) is 39.6 Å². The number of ether oxygens (including phenoxy) is 1. The summed E-state index contributed by atoms with van der Waals surface area (Å²) in [5.74, 6) is -0.679. The number of amides is 2. The first-order valence-electron chi connectivity index (χ1n) is 10.5. The standard InChI is InChI=1S/C24H34N4O4/c1-6-8-10-14-20(29)27-21(24(3,4)5)22(30)26-15-11-13-19(12-9-7-2)32-23(31)28-17-16-25-18-28/h6-11,14-19,21H,12-13H2,1-5H3,(H,26,30)(H,27,29)/b8-6-,9-7-,14-10-,15-11-/t19-,21+/m0/s1. The molecule has 1 aromatic heterocycles. The second-order valence-corrected chi connectivity index (χ2v) is 8.12. The SMILES string of the molecule is C/C=C\C=C/C(=O)N[C@H](C(=O)N/C=C\C[C@H](C/C=C\C)OC(=O)n1ccnc1)C(C)(C)C. The van der Waals surface area contributed by atoms with E-state index in [1.165, 1.54) is 35.6 Å². The lowest BCUT2D eigenvalue weighted by atomic mass is 9.86. The topological polar surface area (TPSA) is 102 Å². The smallest absolute Gasteiger partial charge is 0.419 e. The largest absolute Gasteiger partial charge is 0.445 e. The molecule has 2 amide bonds. The third-order valence-corrected chi connectivity index (χ3v) is 4.33. The minimum absolute atomic E-state index is 0.332. The minimum Gasteiger partial charge on any atom is -0.445 e. The van der Waals surface area contributed by atoms with E-state index in [0.717, 1.165) is 0 Å². The van der Waals surface area contributed by atoms with E-state index in [4.69, 9.17) is 4.74 Å². The van der Waals surface area contributed by atoms with Gasteiger partial charge in [-0.2, -0.15) is 0 Å². The zero-order chi connectivity index (χ0) is 24.0. The summed E-state index contributed by atoms with van der Waals surface area (Å²) in [4.78, 5) is 40.8.